The fourth-order valence-corrected chi connectivity index (χ4v) is 6.78. The molecule has 8 heteroatoms. The summed E-state index contributed by atoms with van der Waals surface area (Å²) in [6.07, 6.45) is 8.48. The minimum absolute atomic E-state index is 0. The molecule has 1 aromatic heterocycles. The molecule has 6 rings (SSSR count). The first-order valence-electron chi connectivity index (χ1n) is 15.1. The zero-order chi connectivity index (χ0) is 26.6. The highest BCUT2D eigenvalue weighted by molar-refractivity contribution is 5.94. The monoisotopic (exact) mass is 564 g/mol. The van der Waals surface area contributed by atoms with Crippen LogP contribution in [-0.2, 0) is 13.0 Å². The number of anilines is 2. The molecular weight excluding hydrogens is 520 g/mol. The van der Waals surface area contributed by atoms with Gasteiger partial charge in [-0.3, -0.25) is 4.90 Å². The van der Waals surface area contributed by atoms with Crippen LogP contribution in [-0.4, -0.2) is 78.5 Å². The normalized spacial score (nSPS) is 19.6. The van der Waals surface area contributed by atoms with Crippen molar-refractivity contribution in [1.29, 1.82) is 0 Å². The quantitative estimate of drug-likeness (QED) is 0.373. The average Bonchev–Trinajstić information content (AvgIpc) is 3.54. The zero-order valence-electron chi connectivity index (χ0n) is 24.1. The summed E-state index contributed by atoms with van der Waals surface area (Å²) in [6.45, 7) is 10.3. The molecule has 0 spiro atoms. The van der Waals surface area contributed by atoms with Gasteiger partial charge in [-0.2, -0.15) is 5.10 Å². The fourth-order valence-electron chi connectivity index (χ4n) is 6.78. The van der Waals surface area contributed by atoms with Crippen molar-refractivity contribution >= 4 is 34.7 Å². The molecule has 3 saturated heterocycles. The summed E-state index contributed by atoms with van der Waals surface area (Å²) in [5.41, 5.74) is 3.84. The number of methoxy groups -OCH3 is 1. The second kappa shape index (κ2) is 13.4. The van der Waals surface area contributed by atoms with E-state index in [1.165, 1.54) is 63.1 Å². The van der Waals surface area contributed by atoms with Crippen molar-refractivity contribution in [1.82, 2.24) is 20.0 Å². The zero-order valence-corrected chi connectivity index (χ0v) is 25.0. The van der Waals surface area contributed by atoms with Gasteiger partial charge in [-0.05, 0) is 93.9 Å². The molecule has 3 aliphatic rings. The number of halogens is 1. The third kappa shape index (κ3) is 6.48. The number of benzene rings is 2. The highest BCUT2D eigenvalue weighted by Crippen LogP contribution is 2.30. The van der Waals surface area contributed by atoms with Crippen LogP contribution in [0, 0.1) is 0 Å². The van der Waals surface area contributed by atoms with Crippen molar-refractivity contribution in [2.75, 3.05) is 56.6 Å². The predicted octanol–water partition coefficient (Wildman–Crippen LogP) is 5.76. The molecule has 2 aromatic carbocycles. The van der Waals surface area contributed by atoms with E-state index in [9.17, 15) is 0 Å². The number of aromatic nitrogens is 2. The van der Waals surface area contributed by atoms with E-state index in [1.54, 1.807) is 7.11 Å². The van der Waals surface area contributed by atoms with E-state index in [2.05, 4.69) is 73.5 Å². The maximum absolute atomic E-state index is 5.49. The smallest absolute Gasteiger partial charge is 0.156 e. The fraction of sp³-hybridized carbons (Fsp3) is 0.562. The molecule has 0 bridgehead atoms. The number of rotatable bonds is 8. The third-order valence-electron chi connectivity index (χ3n) is 9.16. The van der Waals surface area contributed by atoms with E-state index in [0.717, 1.165) is 73.0 Å². The predicted molar refractivity (Wildman–Crippen MR) is 167 cm³/mol. The molecule has 0 saturated carbocycles. The first kappa shape index (κ1) is 28.9. The van der Waals surface area contributed by atoms with E-state index >= 15 is 0 Å². The molecule has 0 unspecified atom stereocenters. The number of ether oxygens (including phenoxy) is 1. The Kier molecular flexibility index (Phi) is 9.66. The van der Waals surface area contributed by atoms with Crippen molar-refractivity contribution in [2.24, 2.45) is 0 Å². The molecular formula is C32H45ClN6O. The van der Waals surface area contributed by atoms with Crippen LogP contribution in [0.3, 0.4) is 0 Å². The van der Waals surface area contributed by atoms with E-state index in [0.29, 0.717) is 6.04 Å². The molecule has 0 amide bonds. The van der Waals surface area contributed by atoms with Gasteiger partial charge in [0.15, 0.2) is 5.82 Å². The summed E-state index contributed by atoms with van der Waals surface area (Å²) in [5, 5.41) is 15.1. The molecule has 3 aliphatic heterocycles. The Bertz CT molecular complexity index is 1230. The van der Waals surface area contributed by atoms with Crippen molar-refractivity contribution < 1.29 is 4.74 Å². The third-order valence-corrected chi connectivity index (χ3v) is 9.16. The van der Waals surface area contributed by atoms with E-state index < -0.39 is 0 Å². The highest BCUT2D eigenvalue weighted by Gasteiger charge is 2.26. The van der Waals surface area contributed by atoms with Crippen LogP contribution in [0.15, 0.2) is 42.5 Å². The maximum atomic E-state index is 5.49. The molecule has 0 radical (unpaired) electrons. The number of nitrogens with one attached hydrogen (secondary N) is 1. The van der Waals surface area contributed by atoms with Crippen molar-refractivity contribution in [3.8, 4) is 5.75 Å². The van der Waals surface area contributed by atoms with Crippen LogP contribution in [0.4, 0.5) is 11.5 Å². The molecule has 3 aromatic rings. The van der Waals surface area contributed by atoms with Gasteiger partial charge >= 0.3 is 0 Å². The number of likely N-dealkylation sites (tertiary alicyclic amines) is 2. The van der Waals surface area contributed by atoms with Gasteiger partial charge in [0, 0.05) is 61.3 Å². The summed E-state index contributed by atoms with van der Waals surface area (Å²) < 4.78 is 5.49. The first-order valence-corrected chi connectivity index (χ1v) is 15.1. The second-order valence-corrected chi connectivity index (χ2v) is 11.6. The molecule has 1 N–H and O–H groups in total. The summed E-state index contributed by atoms with van der Waals surface area (Å²) in [7, 11) is 1.71. The lowest BCUT2D eigenvalue weighted by molar-refractivity contribution is 0.208. The Balaban J connectivity index is 0.00000323. The summed E-state index contributed by atoms with van der Waals surface area (Å²) >= 11 is 0. The summed E-state index contributed by atoms with van der Waals surface area (Å²) in [4.78, 5) is 7.90. The highest BCUT2D eigenvalue weighted by atomic mass is 35.5. The van der Waals surface area contributed by atoms with Gasteiger partial charge < -0.3 is 19.9 Å². The number of fused-ring (bicyclic) bond motifs is 1. The summed E-state index contributed by atoms with van der Waals surface area (Å²) in [5.74, 6) is 1.73. The number of piperidine rings is 2. The van der Waals surface area contributed by atoms with Gasteiger partial charge in [0.2, 0.25) is 0 Å². The largest absolute Gasteiger partial charge is 0.497 e. The van der Waals surface area contributed by atoms with Crippen LogP contribution < -0.4 is 15.0 Å². The van der Waals surface area contributed by atoms with Gasteiger partial charge in [0.1, 0.15) is 5.75 Å². The van der Waals surface area contributed by atoms with Crippen LogP contribution in [0.25, 0.3) is 10.8 Å². The minimum Gasteiger partial charge on any atom is -0.497 e. The molecule has 3 fully saturated rings. The van der Waals surface area contributed by atoms with Gasteiger partial charge in [0.25, 0.3) is 0 Å². The Morgan fingerprint density at radius 1 is 0.850 bits per heavy atom. The van der Waals surface area contributed by atoms with Gasteiger partial charge in [-0.25, -0.2) is 0 Å². The van der Waals surface area contributed by atoms with Crippen LogP contribution in [0.5, 0.6) is 5.75 Å². The second-order valence-electron chi connectivity index (χ2n) is 11.6. The Labute approximate surface area is 245 Å². The SMILES string of the molecule is CCc1nnc(NC2CCN(Cc3ccc(N4CCC(N5CCCC5)CC4)cc3)CC2)c2cc(OC)ccc12.Cl. The first-order chi connectivity index (χ1) is 19.2. The van der Waals surface area contributed by atoms with E-state index in [4.69, 9.17) is 4.74 Å². The molecule has 0 aliphatic carbocycles. The Morgan fingerprint density at radius 3 is 2.25 bits per heavy atom. The van der Waals surface area contributed by atoms with Crippen LogP contribution in [0.2, 0.25) is 0 Å². The number of nitrogens with zero attached hydrogens (tertiary/aromatic N) is 5. The number of hydrogen-bond donors (Lipinski definition) is 1. The standard InChI is InChI=1S/C32H44N6O.ClH/c1-3-31-29-11-10-28(39-2)22-30(29)32(35-34-31)33-25-12-18-36(19-13-25)23-24-6-8-26(9-7-24)38-20-14-27(15-21-38)37-16-4-5-17-37;/h6-11,22,25,27H,3-5,12-21,23H2,1-2H3,(H,33,35);1H. The Hall–Kier alpha value is -2.61. The van der Waals surface area contributed by atoms with Crippen LogP contribution >= 0.6 is 12.4 Å². The molecule has 0 atom stereocenters. The summed E-state index contributed by atoms with van der Waals surface area (Å²) in [6, 6.07) is 16.8. The minimum atomic E-state index is 0. The number of hydrogen-bond acceptors (Lipinski definition) is 7. The number of aryl methyl sites for hydroxylation is 1. The van der Waals surface area contributed by atoms with E-state index in [-0.39, 0.29) is 12.4 Å². The maximum Gasteiger partial charge on any atom is 0.156 e. The van der Waals surface area contributed by atoms with Crippen molar-refractivity contribution in [3.05, 3.63) is 53.7 Å². The van der Waals surface area contributed by atoms with Crippen molar-refractivity contribution in [2.45, 2.75) is 70.5 Å². The molecule has 7 nitrogen and oxygen atoms in total. The average molecular weight is 565 g/mol. The van der Waals surface area contributed by atoms with E-state index in [1.807, 2.05) is 6.07 Å². The lowest BCUT2D eigenvalue weighted by atomic mass is 10.0. The van der Waals surface area contributed by atoms with Crippen molar-refractivity contribution in [3.63, 3.8) is 0 Å². The molecule has 216 valence electrons. The van der Waals surface area contributed by atoms with Gasteiger partial charge in [0.05, 0.1) is 12.8 Å². The van der Waals surface area contributed by atoms with Crippen LogP contribution in [0.1, 0.15) is 56.7 Å². The Morgan fingerprint density at radius 2 is 1.57 bits per heavy atom. The lowest BCUT2D eigenvalue weighted by Gasteiger charge is -2.38. The molecule has 4 heterocycles. The molecule has 40 heavy (non-hydrogen) atoms. The lowest BCUT2D eigenvalue weighted by Crippen LogP contribution is -2.43. The topological polar surface area (TPSA) is 56.8 Å². The van der Waals surface area contributed by atoms with Gasteiger partial charge in [-0.1, -0.05) is 19.1 Å². The van der Waals surface area contributed by atoms with Gasteiger partial charge in [-0.15, -0.1) is 17.5 Å².